The molecule has 0 saturated carbocycles. The fourth-order valence-electron chi connectivity index (χ4n) is 5.90. The van der Waals surface area contributed by atoms with Crippen LogP contribution in [0.3, 0.4) is 0 Å². The number of rotatable bonds is 6. The highest BCUT2D eigenvalue weighted by Crippen LogP contribution is 2.46. The van der Waals surface area contributed by atoms with Crippen LogP contribution in [0, 0.1) is 11.7 Å². The molecule has 2 amide bonds. The van der Waals surface area contributed by atoms with E-state index in [1.165, 1.54) is 4.90 Å². The number of aliphatic hydroxyl groups is 1. The van der Waals surface area contributed by atoms with Gasteiger partial charge in [-0.1, -0.05) is 42.8 Å². The molecule has 0 unspecified atom stereocenters. The van der Waals surface area contributed by atoms with E-state index in [0.717, 1.165) is 11.1 Å². The SMILES string of the molecule is CC(=O)N1CCN(c2nc(NCCC(=O)N(C)C)nc3c(F)c([C@@H]4c5ccccc5C[C@H](O)[C@@H]4C)c(Cl)cc23)CC1. The Hall–Kier alpha value is -3.50. The lowest BCUT2D eigenvalue weighted by molar-refractivity contribution is -0.129. The summed E-state index contributed by atoms with van der Waals surface area (Å²) in [5, 5.41) is 14.7. The first kappa shape index (κ1) is 29.0. The van der Waals surface area contributed by atoms with E-state index < -0.39 is 17.8 Å². The lowest BCUT2D eigenvalue weighted by Gasteiger charge is -2.37. The van der Waals surface area contributed by atoms with Crippen molar-refractivity contribution in [2.24, 2.45) is 5.92 Å². The number of nitrogens with one attached hydrogen (secondary N) is 1. The monoisotopic (exact) mass is 582 g/mol. The van der Waals surface area contributed by atoms with E-state index in [0.29, 0.717) is 49.4 Å². The summed E-state index contributed by atoms with van der Waals surface area (Å²) in [6.45, 7) is 5.81. The molecule has 11 heteroatoms. The van der Waals surface area contributed by atoms with Gasteiger partial charge in [-0.25, -0.2) is 9.37 Å². The number of benzene rings is 2. The molecular weight excluding hydrogens is 547 g/mol. The zero-order chi connectivity index (χ0) is 29.4. The van der Waals surface area contributed by atoms with Crippen LogP contribution in [-0.2, 0) is 16.0 Å². The molecular formula is C30H36ClFN6O3. The first-order valence-electron chi connectivity index (χ1n) is 14.0. The van der Waals surface area contributed by atoms with E-state index in [4.69, 9.17) is 16.6 Å². The van der Waals surface area contributed by atoms with E-state index in [1.54, 1.807) is 32.0 Å². The first-order chi connectivity index (χ1) is 19.6. The van der Waals surface area contributed by atoms with Gasteiger partial charge in [0, 0.05) is 82.1 Å². The second kappa shape index (κ2) is 11.8. The van der Waals surface area contributed by atoms with E-state index in [9.17, 15) is 14.7 Å². The number of aliphatic hydroxyl groups excluding tert-OH is 1. The lowest BCUT2D eigenvalue weighted by Crippen LogP contribution is -2.48. The molecule has 3 aromatic rings. The molecule has 218 valence electrons. The van der Waals surface area contributed by atoms with Gasteiger partial charge in [-0.3, -0.25) is 9.59 Å². The third kappa shape index (κ3) is 5.67. The summed E-state index contributed by atoms with van der Waals surface area (Å²) in [5.41, 5.74) is 2.34. The second-order valence-corrected chi connectivity index (χ2v) is 11.5. The molecule has 5 rings (SSSR count). The van der Waals surface area contributed by atoms with Gasteiger partial charge in [0.15, 0.2) is 5.82 Å². The molecule has 1 aliphatic heterocycles. The molecule has 41 heavy (non-hydrogen) atoms. The van der Waals surface area contributed by atoms with Gasteiger partial charge in [-0.15, -0.1) is 0 Å². The van der Waals surface area contributed by atoms with Crippen LogP contribution in [0.5, 0.6) is 0 Å². The molecule has 9 nitrogen and oxygen atoms in total. The van der Waals surface area contributed by atoms with Crippen molar-refractivity contribution < 1.29 is 19.1 Å². The van der Waals surface area contributed by atoms with Gasteiger partial charge >= 0.3 is 0 Å². The van der Waals surface area contributed by atoms with E-state index in [2.05, 4.69) is 10.3 Å². The maximum Gasteiger partial charge on any atom is 0.225 e. The summed E-state index contributed by atoms with van der Waals surface area (Å²) < 4.78 is 16.7. The summed E-state index contributed by atoms with van der Waals surface area (Å²) in [4.78, 5) is 38.6. The summed E-state index contributed by atoms with van der Waals surface area (Å²) in [6.07, 6.45) is 0.0776. The third-order valence-electron chi connectivity index (χ3n) is 8.31. The van der Waals surface area contributed by atoms with Crippen LogP contribution in [0.25, 0.3) is 10.9 Å². The molecule has 0 bridgehead atoms. The third-order valence-corrected chi connectivity index (χ3v) is 8.62. The number of nitrogens with zero attached hydrogens (tertiary/aromatic N) is 5. The van der Waals surface area contributed by atoms with Gasteiger partial charge in [0.2, 0.25) is 17.8 Å². The maximum absolute atomic E-state index is 16.7. The standard InChI is InChI=1S/C30H36ClFN6O3/c1-17-23(40)15-19-7-5-6-8-20(19)25(17)26-22(31)16-21-28(27(26)32)34-30(33-10-9-24(41)36(3)4)35-29(21)38-13-11-37(12-14-38)18(2)39/h5-8,16-17,23,25,40H,9-15H2,1-4H3,(H,33,34,35)/t17-,23-,25-/m0/s1. The zero-order valence-electron chi connectivity index (χ0n) is 23.8. The minimum atomic E-state index is -0.647. The van der Waals surface area contributed by atoms with Crippen LogP contribution >= 0.6 is 11.6 Å². The molecule has 1 aliphatic carbocycles. The number of anilines is 2. The molecule has 3 atom stereocenters. The number of hydrogen-bond donors (Lipinski definition) is 2. The fourth-order valence-corrected chi connectivity index (χ4v) is 6.21. The van der Waals surface area contributed by atoms with Gasteiger partial charge in [0.05, 0.1) is 6.10 Å². The summed E-state index contributed by atoms with van der Waals surface area (Å²) in [5.74, 6) is -0.604. The van der Waals surface area contributed by atoms with Crippen LogP contribution in [-0.4, -0.2) is 89.6 Å². The van der Waals surface area contributed by atoms with Crippen molar-refractivity contribution in [3.8, 4) is 0 Å². The molecule has 2 aliphatic rings. The summed E-state index contributed by atoms with van der Waals surface area (Å²) in [7, 11) is 3.38. The number of halogens is 2. The van der Waals surface area contributed by atoms with Crippen molar-refractivity contribution in [1.82, 2.24) is 19.8 Å². The van der Waals surface area contributed by atoms with Gasteiger partial charge in [-0.2, -0.15) is 4.98 Å². The van der Waals surface area contributed by atoms with Crippen LogP contribution in [0.2, 0.25) is 5.02 Å². The number of aromatic nitrogens is 2. The van der Waals surface area contributed by atoms with Crippen molar-refractivity contribution >= 4 is 46.1 Å². The number of hydrogen-bond acceptors (Lipinski definition) is 7. The summed E-state index contributed by atoms with van der Waals surface area (Å²) >= 11 is 6.88. The molecule has 2 aromatic carbocycles. The molecule has 1 aromatic heterocycles. The highest BCUT2D eigenvalue weighted by Gasteiger charge is 2.37. The number of carbonyl (C=O) groups excluding carboxylic acids is 2. The largest absolute Gasteiger partial charge is 0.392 e. The Morgan fingerprint density at radius 1 is 1.17 bits per heavy atom. The molecule has 2 N–H and O–H groups in total. The minimum absolute atomic E-state index is 0.00733. The Labute approximate surface area is 244 Å². The van der Waals surface area contributed by atoms with E-state index in [1.807, 2.05) is 36.1 Å². The number of amides is 2. The number of carbonyl (C=O) groups is 2. The molecule has 2 heterocycles. The summed E-state index contributed by atoms with van der Waals surface area (Å²) in [6, 6.07) is 9.49. The Balaban J connectivity index is 1.61. The van der Waals surface area contributed by atoms with Crippen molar-refractivity contribution in [2.75, 3.05) is 57.0 Å². The maximum atomic E-state index is 16.7. The van der Waals surface area contributed by atoms with Crippen LogP contribution in [0.1, 0.15) is 42.9 Å². The van der Waals surface area contributed by atoms with Crippen molar-refractivity contribution in [1.29, 1.82) is 0 Å². The van der Waals surface area contributed by atoms with Crippen LogP contribution in [0.15, 0.2) is 30.3 Å². The van der Waals surface area contributed by atoms with Crippen LogP contribution in [0.4, 0.5) is 16.2 Å². The predicted octanol–water partition coefficient (Wildman–Crippen LogP) is 3.67. The average Bonchev–Trinajstić information content (AvgIpc) is 2.95. The number of fused-ring (bicyclic) bond motifs is 2. The van der Waals surface area contributed by atoms with Gasteiger partial charge < -0.3 is 25.1 Å². The number of piperazine rings is 1. The first-order valence-corrected chi connectivity index (χ1v) is 14.3. The molecule has 1 fully saturated rings. The highest BCUT2D eigenvalue weighted by molar-refractivity contribution is 6.32. The van der Waals surface area contributed by atoms with E-state index >= 15 is 4.39 Å². The Kier molecular flexibility index (Phi) is 8.33. The second-order valence-electron chi connectivity index (χ2n) is 11.1. The Morgan fingerprint density at radius 2 is 1.88 bits per heavy atom. The minimum Gasteiger partial charge on any atom is -0.392 e. The molecule has 0 radical (unpaired) electrons. The molecule has 1 saturated heterocycles. The van der Waals surface area contributed by atoms with Crippen molar-refractivity contribution in [2.45, 2.75) is 38.7 Å². The predicted molar refractivity (Wildman–Crippen MR) is 158 cm³/mol. The van der Waals surface area contributed by atoms with Gasteiger partial charge in [0.25, 0.3) is 0 Å². The quantitative estimate of drug-likeness (QED) is 0.457. The topological polar surface area (TPSA) is 102 Å². The zero-order valence-corrected chi connectivity index (χ0v) is 24.6. The smallest absolute Gasteiger partial charge is 0.225 e. The van der Waals surface area contributed by atoms with Gasteiger partial charge in [0.1, 0.15) is 11.3 Å². The fraction of sp³-hybridized carbons (Fsp3) is 0.467. The van der Waals surface area contributed by atoms with Gasteiger partial charge in [-0.05, 0) is 29.5 Å². The average molecular weight is 583 g/mol. The van der Waals surface area contributed by atoms with Crippen LogP contribution < -0.4 is 10.2 Å². The van der Waals surface area contributed by atoms with E-state index in [-0.39, 0.29) is 47.2 Å². The Morgan fingerprint density at radius 3 is 2.56 bits per heavy atom. The lowest BCUT2D eigenvalue weighted by atomic mass is 9.71. The molecule has 0 spiro atoms. The van der Waals surface area contributed by atoms with Crippen molar-refractivity contribution in [3.05, 3.63) is 57.9 Å². The van der Waals surface area contributed by atoms with Crippen molar-refractivity contribution in [3.63, 3.8) is 0 Å². The Bertz CT molecular complexity index is 1480. The highest BCUT2D eigenvalue weighted by atomic mass is 35.5. The normalized spacial score (nSPS) is 20.6.